The third-order valence-corrected chi connectivity index (χ3v) is 7.61. The van der Waals surface area contributed by atoms with Crippen molar-refractivity contribution in [3.8, 4) is 5.75 Å². The van der Waals surface area contributed by atoms with Gasteiger partial charge in [0.1, 0.15) is 30.7 Å². The Kier molecular flexibility index (Phi) is 9.16. The second-order valence-corrected chi connectivity index (χ2v) is 10.7. The lowest BCUT2D eigenvalue weighted by molar-refractivity contribution is -0.146. The molecule has 0 amide bonds. The SMILES string of the molecule is Cc1cn([C@H]2C[C@@H](O)C(COP(=O)(N[C@@H](C)C(=O)OCc3ccccc3)Oc3ccccc3)O2)c(=O)[nH]c1=O. The minimum atomic E-state index is -4.20. The van der Waals surface area contributed by atoms with Crippen LogP contribution in [0.5, 0.6) is 5.75 Å². The van der Waals surface area contributed by atoms with Crippen LogP contribution in [-0.2, 0) is 30.0 Å². The molecule has 3 N–H and O–H groups in total. The van der Waals surface area contributed by atoms with Crippen LogP contribution in [0.1, 0.15) is 30.7 Å². The van der Waals surface area contributed by atoms with Gasteiger partial charge >= 0.3 is 19.4 Å². The molecule has 0 aliphatic carbocycles. The van der Waals surface area contributed by atoms with Crippen molar-refractivity contribution in [1.82, 2.24) is 14.6 Å². The summed E-state index contributed by atoms with van der Waals surface area (Å²) < 4.78 is 37.2. The van der Waals surface area contributed by atoms with Crippen LogP contribution >= 0.6 is 7.75 Å². The zero-order chi connectivity index (χ0) is 28.0. The molecule has 208 valence electrons. The Morgan fingerprint density at radius 1 is 1.18 bits per heavy atom. The highest BCUT2D eigenvalue weighted by atomic mass is 31.2. The topological polar surface area (TPSA) is 158 Å². The largest absolute Gasteiger partial charge is 0.460 e. The number of rotatable bonds is 11. The summed E-state index contributed by atoms with van der Waals surface area (Å²) in [5, 5.41) is 13.1. The highest BCUT2D eigenvalue weighted by molar-refractivity contribution is 7.52. The normalized spacial score (nSPS) is 21.2. The average Bonchev–Trinajstić information content (AvgIpc) is 3.29. The number of hydrogen-bond acceptors (Lipinski definition) is 9. The predicted molar refractivity (Wildman–Crippen MR) is 140 cm³/mol. The molecule has 1 aromatic heterocycles. The van der Waals surface area contributed by atoms with Gasteiger partial charge in [0, 0.05) is 18.2 Å². The molecule has 5 atom stereocenters. The number of nitrogens with one attached hydrogen (secondary N) is 2. The second kappa shape index (κ2) is 12.5. The number of carbonyl (C=O) groups is 1. The molecule has 1 aliphatic heterocycles. The van der Waals surface area contributed by atoms with Crippen LogP contribution in [0.25, 0.3) is 0 Å². The van der Waals surface area contributed by atoms with Crippen LogP contribution in [0.3, 0.4) is 0 Å². The van der Waals surface area contributed by atoms with Crippen molar-refractivity contribution in [3.63, 3.8) is 0 Å². The number of benzene rings is 2. The lowest BCUT2D eigenvalue weighted by Gasteiger charge is -2.24. The summed E-state index contributed by atoms with van der Waals surface area (Å²) >= 11 is 0. The van der Waals surface area contributed by atoms with Crippen molar-refractivity contribution in [3.05, 3.63) is 98.8 Å². The lowest BCUT2D eigenvalue weighted by atomic mass is 10.2. The first-order valence-corrected chi connectivity index (χ1v) is 13.8. The number of nitrogens with zero attached hydrogens (tertiary/aromatic N) is 1. The number of H-pyrrole nitrogens is 1. The van der Waals surface area contributed by atoms with Crippen molar-refractivity contribution < 1.29 is 33.0 Å². The molecule has 0 saturated carbocycles. The number of ether oxygens (including phenoxy) is 2. The molecular formula is C26H30N3O9P. The molecule has 12 nitrogen and oxygen atoms in total. The van der Waals surface area contributed by atoms with E-state index in [4.69, 9.17) is 18.5 Å². The zero-order valence-electron chi connectivity index (χ0n) is 21.4. The minimum Gasteiger partial charge on any atom is -0.460 e. The molecule has 1 aliphatic rings. The maximum absolute atomic E-state index is 13.7. The van der Waals surface area contributed by atoms with Gasteiger partial charge in [-0.15, -0.1) is 0 Å². The van der Waals surface area contributed by atoms with Crippen LogP contribution in [0.15, 0.2) is 76.4 Å². The maximum atomic E-state index is 13.7. The van der Waals surface area contributed by atoms with Crippen LogP contribution in [0, 0.1) is 6.92 Å². The van der Waals surface area contributed by atoms with Gasteiger partial charge in [0.25, 0.3) is 5.56 Å². The van der Waals surface area contributed by atoms with E-state index in [1.165, 1.54) is 24.6 Å². The smallest absolute Gasteiger partial charge is 0.459 e. The van der Waals surface area contributed by atoms with Gasteiger partial charge in [0.05, 0.1) is 12.7 Å². The van der Waals surface area contributed by atoms with E-state index in [9.17, 15) is 24.1 Å². The van der Waals surface area contributed by atoms with E-state index in [1.54, 1.807) is 42.5 Å². The van der Waals surface area contributed by atoms with E-state index in [2.05, 4.69) is 10.1 Å². The number of aromatic amines is 1. The number of carbonyl (C=O) groups excluding carboxylic acids is 1. The number of aliphatic hydroxyl groups excluding tert-OH is 1. The van der Waals surface area contributed by atoms with Gasteiger partial charge in [-0.25, -0.2) is 9.36 Å². The summed E-state index contributed by atoms with van der Waals surface area (Å²) in [6.07, 6.45) is -1.57. The number of hydrogen-bond donors (Lipinski definition) is 3. The molecule has 2 unspecified atom stereocenters. The van der Waals surface area contributed by atoms with Crippen LogP contribution < -0.4 is 20.9 Å². The van der Waals surface area contributed by atoms with Crippen molar-refractivity contribution in [2.24, 2.45) is 0 Å². The first kappa shape index (κ1) is 28.5. The molecule has 1 saturated heterocycles. The Morgan fingerprint density at radius 2 is 1.85 bits per heavy atom. The maximum Gasteiger partial charge on any atom is 0.459 e. The third kappa shape index (κ3) is 7.53. The summed E-state index contributed by atoms with van der Waals surface area (Å²) in [6, 6.07) is 16.3. The van der Waals surface area contributed by atoms with Crippen molar-refractivity contribution >= 4 is 13.7 Å². The fourth-order valence-corrected chi connectivity index (χ4v) is 5.36. The molecule has 2 aromatic carbocycles. The molecule has 0 spiro atoms. The zero-order valence-corrected chi connectivity index (χ0v) is 22.3. The second-order valence-electron chi connectivity index (χ2n) is 9.05. The molecule has 3 aromatic rings. The van der Waals surface area contributed by atoms with Crippen molar-refractivity contribution in [2.75, 3.05) is 6.61 Å². The number of para-hydroxylation sites is 1. The molecule has 1 fully saturated rings. The Bertz CT molecular complexity index is 1430. The van der Waals surface area contributed by atoms with Crippen LogP contribution in [-0.4, -0.2) is 45.5 Å². The monoisotopic (exact) mass is 559 g/mol. The Labute approximate surface area is 224 Å². The molecule has 4 rings (SSSR count). The Morgan fingerprint density at radius 3 is 2.54 bits per heavy atom. The molecule has 13 heteroatoms. The van der Waals surface area contributed by atoms with E-state index in [0.29, 0.717) is 5.56 Å². The first-order chi connectivity index (χ1) is 18.6. The lowest BCUT2D eigenvalue weighted by Crippen LogP contribution is -2.36. The minimum absolute atomic E-state index is 0.0267. The van der Waals surface area contributed by atoms with Gasteiger partial charge in [0.2, 0.25) is 0 Å². The van der Waals surface area contributed by atoms with Gasteiger partial charge in [0.15, 0.2) is 0 Å². The quantitative estimate of drug-likeness (QED) is 0.235. The summed E-state index contributed by atoms with van der Waals surface area (Å²) in [7, 11) is -4.20. The average molecular weight is 560 g/mol. The van der Waals surface area contributed by atoms with E-state index in [-0.39, 0.29) is 18.8 Å². The summed E-state index contributed by atoms with van der Waals surface area (Å²) in [4.78, 5) is 38.7. The summed E-state index contributed by atoms with van der Waals surface area (Å²) in [5.74, 6) is -0.455. The number of aryl methyl sites for hydroxylation is 1. The molecule has 0 bridgehead atoms. The van der Waals surface area contributed by atoms with Crippen molar-refractivity contribution in [1.29, 1.82) is 0 Å². The Balaban J connectivity index is 1.43. The molecular weight excluding hydrogens is 529 g/mol. The fraction of sp³-hybridized carbons (Fsp3) is 0.346. The molecule has 2 heterocycles. The van der Waals surface area contributed by atoms with E-state index < -0.39 is 56.0 Å². The van der Waals surface area contributed by atoms with Gasteiger partial charge in [-0.05, 0) is 31.5 Å². The van der Waals surface area contributed by atoms with Gasteiger partial charge in [-0.1, -0.05) is 48.5 Å². The fourth-order valence-electron chi connectivity index (χ4n) is 3.86. The van der Waals surface area contributed by atoms with Gasteiger partial charge in [-0.2, -0.15) is 5.09 Å². The molecule has 39 heavy (non-hydrogen) atoms. The first-order valence-electron chi connectivity index (χ1n) is 12.3. The predicted octanol–water partition coefficient (Wildman–Crippen LogP) is 2.42. The summed E-state index contributed by atoms with van der Waals surface area (Å²) in [6.45, 7) is 2.64. The molecule has 0 radical (unpaired) electrons. The van der Waals surface area contributed by atoms with Gasteiger partial charge < -0.3 is 19.1 Å². The number of aliphatic hydroxyl groups is 1. The number of aromatic nitrogens is 2. The highest BCUT2D eigenvalue weighted by Gasteiger charge is 2.39. The van der Waals surface area contributed by atoms with Crippen LogP contribution in [0.4, 0.5) is 0 Å². The van der Waals surface area contributed by atoms with E-state index in [0.717, 1.165) is 5.56 Å². The standard InChI is InChI=1S/C26H30N3O9P/c1-17-14-29(26(33)27-24(17)31)23-13-21(30)22(37-23)16-36-39(34,38-20-11-7-4-8-12-20)28-18(2)25(32)35-15-19-9-5-3-6-10-19/h3-12,14,18,21-23,30H,13,15-16H2,1-2H3,(H,28,34)(H,27,31,33)/t18-,21+,22?,23+,39?/m0/s1. The van der Waals surface area contributed by atoms with E-state index >= 15 is 0 Å². The third-order valence-electron chi connectivity index (χ3n) is 5.97. The van der Waals surface area contributed by atoms with Gasteiger partial charge in [-0.3, -0.25) is 23.7 Å². The number of esters is 1. The van der Waals surface area contributed by atoms with E-state index in [1.807, 2.05) is 18.2 Å². The van der Waals surface area contributed by atoms with Crippen molar-refractivity contribution in [2.45, 2.75) is 51.4 Å². The van der Waals surface area contributed by atoms with Crippen LogP contribution in [0.2, 0.25) is 0 Å². The highest BCUT2D eigenvalue weighted by Crippen LogP contribution is 2.46. The summed E-state index contributed by atoms with van der Waals surface area (Å²) in [5.41, 5.74) is -0.120. The Hall–Kier alpha value is -3.54.